The SMILES string of the molecule is Cc1ccc(NC(=O)CSC(C)C(=O)Nc2ccccc2N2CCCC2)cc1. The van der Waals surface area contributed by atoms with Crippen LogP contribution in [0.5, 0.6) is 0 Å². The van der Waals surface area contributed by atoms with E-state index >= 15 is 0 Å². The molecule has 1 atom stereocenters. The van der Waals surface area contributed by atoms with E-state index in [1.165, 1.54) is 24.6 Å². The number of para-hydroxylation sites is 2. The molecule has 0 bridgehead atoms. The Morgan fingerprint density at radius 2 is 1.71 bits per heavy atom. The molecule has 0 saturated carbocycles. The predicted octanol–water partition coefficient (Wildman–Crippen LogP) is 4.29. The van der Waals surface area contributed by atoms with E-state index in [0.29, 0.717) is 0 Å². The Kier molecular flexibility index (Phi) is 6.98. The van der Waals surface area contributed by atoms with E-state index in [4.69, 9.17) is 0 Å². The van der Waals surface area contributed by atoms with Crippen molar-refractivity contribution in [1.82, 2.24) is 0 Å². The molecule has 2 N–H and O–H groups in total. The molecule has 0 aliphatic carbocycles. The predicted molar refractivity (Wildman–Crippen MR) is 118 cm³/mol. The first kappa shape index (κ1) is 20.3. The average molecular weight is 398 g/mol. The van der Waals surface area contributed by atoms with E-state index in [-0.39, 0.29) is 22.8 Å². The molecule has 1 unspecified atom stereocenters. The molecule has 1 fully saturated rings. The number of hydrogen-bond donors (Lipinski definition) is 2. The summed E-state index contributed by atoms with van der Waals surface area (Å²) in [5.41, 5.74) is 3.83. The molecule has 5 nitrogen and oxygen atoms in total. The van der Waals surface area contributed by atoms with Gasteiger partial charge in [0.2, 0.25) is 11.8 Å². The molecule has 0 spiro atoms. The third-order valence-corrected chi connectivity index (χ3v) is 5.92. The van der Waals surface area contributed by atoms with Crippen LogP contribution in [0.15, 0.2) is 48.5 Å². The van der Waals surface area contributed by atoms with E-state index in [9.17, 15) is 9.59 Å². The van der Waals surface area contributed by atoms with Crippen LogP contribution in [0.3, 0.4) is 0 Å². The summed E-state index contributed by atoms with van der Waals surface area (Å²) in [7, 11) is 0. The third-order valence-electron chi connectivity index (χ3n) is 4.78. The fraction of sp³-hybridized carbons (Fsp3) is 0.364. The molecular formula is C22H27N3O2S. The minimum Gasteiger partial charge on any atom is -0.370 e. The highest BCUT2D eigenvalue weighted by Gasteiger charge is 2.19. The summed E-state index contributed by atoms with van der Waals surface area (Å²) in [6.07, 6.45) is 2.37. The van der Waals surface area contributed by atoms with Gasteiger partial charge in [-0.15, -0.1) is 11.8 Å². The highest BCUT2D eigenvalue weighted by molar-refractivity contribution is 8.01. The van der Waals surface area contributed by atoms with E-state index in [2.05, 4.69) is 15.5 Å². The summed E-state index contributed by atoms with van der Waals surface area (Å²) in [5, 5.41) is 5.57. The Morgan fingerprint density at radius 3 is 2.43 bits per heavy atom. The number of carbonyl (C=O) groups excluding carboxylic acids is 2. The lowest BCUT2D eigenvalue weighted by Gasteiger charge is -2.22. The Bertz CT molecular complexity index is 817. The van der Waals surface area contributed by atoms with Crippen LogP contribution < -0.4 is 15.5 Å². The number of hydrogen-bond acceptors (Lipinski definition) is 4. The van der Waals surface area contributed by atoms with Crippen molar-refractivity contribution in [1.29, 1.82) is 0 Å². The average Bonchev–Trinajstić information content (AvgIpc) is 3.23. The van der Waals surface area contributed by atoms with E-state index in [1.807, 2.05) is 62.4 Å². The number of amides is 2. The molecule has 1 aliphatic rings. The first-order valence-electron chi connectivity index (χ1n) is 9.66. The Hall–Kier alpha value is -2.47. The molecular weight excluding hydrogens is 370 g/mol. The summed E-state index contributed by atoms with van der Waals surface area (Å²) in [5.74, 6) is 0.0433. The second-order valence-electron chi connectivity index (χ2n) is 7.07. The topological polar surface area (TPSA) is 61.4 Å². The highest BCUT2D eigenvalue weighted by atomic mass is 32.2. The van der Waals surface area contributed by atoms with Crippen LogP contribution in [-0.4, -0.2) is 35.9 Å². The molecule has 28 heavy (non-hydrogen) atoms. The van der Waals surface area contributed by atoms with Gasteiger partial charge in [0, 0.05) is 18.8 Å². The second kappa shape index (κ2) is 9.64. The van der Waals surface area contributed by atoms with Crippen LogP contribution >= 0.6 is 11.8 Å². The monoisotopic (exact) mass is 397 g/mol. The van der Waals surface area contributed by atoms with Crippen molar-refractivity contribution in [3.05, 3.63) is 54.1 Å². The lowest BCUT2D eigenvalue weighted by Crippen LogP contribution is -2.26. The van der Waals surface area contributed by atoms with Crippen LogP contribution in [0.1, 0.15) is 25.3 Å². The summed E-state index contributed by atoms with van der Waals surface area (Å²) < 4.78 is 0. The number of anilines is 3. The minimum absolute atomic E-state index is 0.0835. The van der Waals surface area contributed by atoms with Gasteiger partial charge in [0.15, 0.2) is 0 Å². The maximum absolute atomic E-state index is 12.6. The molecule has 2 aromatic rings. The van der Waals surface area contributed by atoms with Crippen molar-refractivity contribution in [2.75, 3.05) is 34.4 Å². The van der Waals surface area contributed by atoms with Crippen LogP contribution in [0.4, 0.5) is 17.1 Å². The van der Waals surface area contributed by atoms with Gasteiger partial charge in [-0.1, -0.05) is 29.8 Å². The molecule has 148 valence electrons. The van der Waals surface area contributed by atoms with Gasteiger partial charge in [-0.2, -0.15) is 0 Å². The van der Waals surface area contributed by atoms with Gasteiger partial charge in [0.25, 0.3) is 0 Å². The van der Waals surface area contributed by atoms with Gasteiger partial charge < -0.3 is 15.5 Å². The summed E-state index contributed by atoms with van der Waals surface area (Å²) in [4.78, 5) is 27.1. The molecule has 6 heteroatoms. The van der Waals surface area contributed by atoms with Gasteiger partial charge in [0.05, 0.1) is 22.4 Å². The maximum Gasteiger partial charge on any atom is 0.237 e. The van der Waals surface area contributed by atoms with Gasteiger partial charge in [-0.05, 0) is 51.0 Å². The van der Waals surface area contributed by atoms with Crippen LogP contribution in [0.25, 0.3) is 0 Å². The third kappa shape index (κ3) is 5.52. The number of thioether (sulfide) groups is 1. The Balaban J connectivity index is 1.51. The normalized spacial score (nSPS) is 14.6. The minimum atomic E-state index is -0.324. The lowest BCUT2D eigenvalue weighted by atomic mass is 10.2. The van der Waals surface area contributed by atoms with Gasteiger partial charge in [-0.3, -0.25) is 9.59 Å². The zero-order valence-corrected chi connectivity index (χ0v) is 17.2. The van der Waals surface area contributed by atoms with E-state index in [0.717, 1.165) is 35.7 Å². The molecule has 1 heterocycles. The standard InChI is InChI=1S/C22H27N3O2S/c1-16-9-11-18(12-10-16)23-21(26)15-28-17(2)22(27)24-19-7-3-4-8-20(19)25-13-5-6-14-25/h3-4,7-12,17H,5-6,13-15H2,1-2H3,(H,23,26)(H,24,27). The Labute approximate surface area is 170 Å². The summed E-state index contributed by atoms with van der Waals surface area (Å²) in [6, 6.07) is 15.6. The van der Waals surface area contributed by atoms with E-state index in [1.54, 1.807) is 0 Å². The Morgan fingerprint density at radius 1 is 1.04 bits per heavy atom. The van der Waals surface area contributed by atoms with Gasteiger partial charge in [-0.25, -0.2) is 0 Å². The van der Waals surface area contributed by atoms with Crippen molar-refractivity contribution in [2.45, 2.75) is 31.9 Å². The maximum atomic E-state index is 12.6. The van der Waals surface area contributed by atoms with Crippen molar-refractivity contribution >= 4 is 40.6 Å². The number of benzene rings is 2. The van der Waals surface area contributed by atoms with Gasteiger partial charge >= 0.3 is 0 Å². The molecule has 0 aromatic heterocycles. The van der Waals surface area contributed by atoms with Crippen molar-refractivity contribution in [3.8, 4) is 0 Å². The molecule has 3 rings (SSSR count). The first-order chi connectivity index (χ1) is 13.5. The molecule has 0 radical (unpaired) electrons. The zero-order chi connectivity index (χ0) is 19.9. The van der Waals surface area contributed by atoms with Gasteiger partial charge in [0.1, 0.15) is 0 Å². The molecule has 2 amide bonds. The van der Waals surface area contributed by atoms with Crippen LogP contribution in [-0.2, 0) is 9.59 Å². The first-order valence-corrected chi connectivity index (χ1v) is 10.7. The quantitative estimate of drug-likeness (QED) is 0.731. The van der Waals surface area contributed by atoms with Crippen LogP contribution in [0, 0.1) is 6.92 Å². The number of nitrogens with one attached hydrogen (secondary N) is 2. The zero-order valence-electron chi connectivity index (χ0n) is 16.4. The second-order valence-corrected chi connectivity index (χ2v) is 8.40. The number of carbonyl (C=O) groups is 2. The number of rotatable bonds is 7. The largest absolute Gasteiger partial charge is 0.370 e. The molecule has 2 aromatic carbocycles. The van der Waals surface area contributed by atoms with Crippen molar-refractivity contribution in [2.24, 2.45) is 0 Å². The molecule has 1 saturated heterocycles. The number of aryl methyl sites for hydroxylation is 1. The fourth-order valence-electron chi connectivity index (χ4n) is 3.16. The summed E-state index contributed by atoms with van der Waals surface area (Å²) >= 11 is 1.33. The van der Waals surface area contributed by atoms with Crippen molar-refractivity contribution in [3.63, 3.8) is 0 Å². The van der Waals surface area contributed by atoms with E-state index < -0.39 is 0 Å². The summed E-state index contributed by atoms with van der Waals surface area (Å²) in [6.45, 7) is 5.88. The highest BCUT2D eigenvalue weighted by Crippen LogP contribution is 2.29. The smallest absolute Gasteiger partial charge is 0.237 e. The van der Waals surface area contributed by atoms with Crippen LogP contribution in [0.2, 0.25) is 0 Å². The number of nitrogens with zero attached hydrogens (tertiary/aromatic N) is 1. The fourth-order valence-corrected chi connectivity index (χ4v) is 3.84. The molecule has 1 aliphatic heterocycles. The van der Waals surface area contributed by atoms with Crippen molar-refractivity contribution < 1.29 is 9.59 Å². The lowest BCUT2D eigenvalue weighted by molar-refractivity contribution is -0.115.